The van der Waals surface area contributed by atoms with Gasteiger partial charge in [-0.05, 0) is 47.0 Å². The summed E-state index contributed by atoms with van der Waals surface area (Å²) in [6.45, 7) is 0. The molecule has 4 N–H and O–H groups in total. The molecule has 37 heavy (non-hydrogen) atoms. The number of halogens is 2. The molecule has 11 heteroatoms. The lowest BCUT2D eigenvalue weighted by molar-refractivity contribution is -0.117. The van der Waals surface area contributed by atoms with Crippen LogP contribution in [0.25, 0.3) is 0 Å². The number of H-pyrrole nitrogens is 1. The molecule has 1 aliphatic carbocycles. The van der Waals surface area contributed by atoms with Crippen LogP contribution >= 0.6 is 27.5 Å². The monoisotopic (exact) mass is 582 g/mol. The van der Waals surface area contributed by atoms with Gasteiger partial charge in [0.05, 0.1) is 20.8 Å². The molecule has 1 saturated carbocycles. The summed E-state index contributed by atoms with van der Waals surface area (Å²) >= 11 is 9.43. The van der Waals surface area contributed by atoms with Crippen LogP contribution in [0.1, 0.15) is 58.5 Å². The minimum Gasteiger partial charge on any atom is -0.322 e. The lowest BCUT2D eigenvalue weighted by atomic mass is 9.83. The number of benzene rings is 2. The maximum atomic E-state index is 13.2. The number of rotatable bonds is 5. The topological polar surface area (TPSA) is 128 Å². The van der Waals surface area contributed by atoms with Crippen LogP contribution in [0.15, 0.2) is 58.0 Å². The van der Waals surface area contributed by atoms with E-state index >= 15 is 0 Å². The number of aromatic nitrogens is 2. The van der Waals surface area contributed by atoms with Crippen molar-refractivity contribution in [1.82, 2.24) is 15.5 Å². The molecule has 1 fully saturated rings. The van der Waals surface area contributed by atoms with Gasteiger partial charge in [0.2, 0.25) is 6.17 Å². The van der Waals surface area contributed by atoms with E-state index in [9.17, 15) is 14.4 Å². The van der Waals surface area contributed by atoms with E-state index in [4.69, 9.17) is 16.6 Å². The van der Waals surface area contributed by atoms with Crippen molar-refractivity contribution in [2.24, 2.45) is 10.9 Å². The summed E-state index contributed by atoms with van der Waals surface area (Å²) in [5.74, 6) is -1.19. The zero-order valence-electron chi connectivity index (χ0n) is 19.7. The number of fused-ring (bicyclic) bond motifs is 1. The van der Waals surface area contributed by atoms with Gasteiger partial charge in [0, 0.05) is 17.2 Å². The van der Waals surface area contributed by atoms with E-state index in [2.05, 4.69) is 42.1 Å². The molecule has 1 aliphatic heterocycles. The van der Waals surface area contributed by atoms with Gasteiger partial charge in [-0.1, -0.05) is 61.2 Å². The number of carbonyl (C=O) groups excluding carboxylic acids is 3. The van der Waals surface area contributed by atoms with Crippen LogP contribution in [0.4, 0.5) is 11.5 Å². The predicted octanol–water partition coefficient (Wildman–Crippen LogP) is 5.16. The number of amides is 3. The van der Waals surface area contributed by atoms with Crippen LogP contribution in [0, 0.1) is 5.92 Å². The van der Waals surface area contributed by atoms with Gasteiger partial charge >= 0.3 is 0 Å². The fraction of sp³-hybridized carbons (Fsp3) is 0.269. The lowest BCUT2D eigenvalue weighted by Crippen LogP contribution is -2.42. The Morgan fingerprint density at radius 2 is 1.73 bits per heavy atom. The Bertz CT molecular complexity index is 1400. The zero-order valence-corrected chi connectivity index (χ0v) is 22.0. The Hall–Kier alpha value is -3.50. The largest absolute Gasteiger partial charge is 0.322 e. The Morgan fingerprint density at radius 3 is 2.51 bits per heavy atom. The third-order valence-corrected chi connectivity index (χ3v) is 7.62. The van der Waals surface area contributed by atoms with Crippen molar-refractivity contribution >= 4 is 62.5 Å². The molecule has 1 atom stereocenters. The lowest BCUT2D eigenvalue weighted by Gasteiger charge is -2.24. The number of benzodiazepines with no additional fused rings is 1. The SMILES string of the molecule is O=C(Nc1n[nH]c(C(=O)NC2N=C(C3CCCCC3)c3ccccc3NC2=O)c1Br)c1ccccc1Cl. The molecule has 2 heterocycles. The second-order valence-corrected chi connectivity index (χ2v) is 10.2. The first-order chi connectivity index (χ1) is 17.9. The first kappa shape index (κ1) is 25.2. The van der Waals surface area contributed by atoms with E-state index < -0.39 is 23.9 Å². The molecule has 9 nitrogen and oxygen atoms in total. The molecule has 3 aromatic rings. The number of carbonyl (C=O) groups is 3. The van der Waals surface area contributed by atoms with Gasteiger partial charge in [0.25, 0.3) is 17.7 Å². The summed E-state index contributed by atoms with van der Waals surface area (Å²) in [6, 6.07) is 14.2. The van der Waals surface area contributed by atoms with Crippen LogP contribution < -0.4 is 16.0 Å². The highest BCUT2D eigenvalue weighted by molar-refractivity contribution is 9.10. The molecule has 3 amide bonds. The van der Waals surface area contributed by atoms with E-state index in [1.54, 1.807) is 24.3 Å². The van der Waals surface area contributed by atoms with Gasteiger partial charge in [-0.25, -0.2) is 0 Å². The maximum absolute atomic E-state index is 13.2. The third-order valence-electron chi connectivity index (χ3n) is 6.52. The first-order valence-electron chi connectivity index (χ1n) is 12.0. The van der Waals surface area contributed by atoms with Crippen molar-refractivity contribution in [2.45, 2.75) is 38.3 Å². The van der Waals surface area contributed by atoms with Crippen LogP contribution in [0.3, 0.4) is 0 Å². The molecule has 1 unspecified atom stereocenters. The van der Waals surface area contributed by atoms with Gasteiger partial charge in [-0.3, -0.25) is 24.5 Å². The molecule has 0 bridgehead atoms. The average molecular weight is 584 g/mol. The number of aromatic amines is 1. The summed E-state index contributed by atoms with van der Waals surface area (Å²) in [6.07, 6.45) is 4.24. The molecule has 0 saturated heterocycles. The summed E-state index contributed by atoms with van der Waals surface area (Å²) < 4.78 is 0.235. The number of hydrogen-bond donors (Lipinski definition) is 4. The summed E-state index contributed by atoms with van der Waals surface area (Å²) in [7, 11) is 0. The number of anilines is 2. The maximum Gasteiger partial charge on any atom is 0.272 e. The molecule has 0 radical (unpaired) electrons. The van der Waals surface area contributed by atoms with Crippen molar-refractivity contribution in [2.75, 3.05) is 10.6 Å². The number of aliphatic imine (C=N–C) groups is 1. The van der Waals surface area contributed by atoms with Gasteiger partial charge < -0.3 is 16.0 Å². The standard InChI is InChI=1S/C26H24BrClN6O3/c27-19-21(33-34-22(19)31-24(35)15-10-4-6-12-17(15)28)25(36)32-23-26(37)29-18-13-7-5-11-16(18)20(30-23)14-8-2-1-3-9-14/h4-7,10-14,23H,1-3,8-9H2,(H,29,37)(H,32,36)(H2,31,33,34,35). The second-order valence-electron chi connectivity index (χ2n) is 8.96. The van der Waals surface area contributed by atoms with Gasteiger partial charge in [0.15, 0.2) is 5.82 Å². The fourth-order valence-corrected chi connectivity index (χ4v) is 5.34. The minimum absolute atomic E-state index is 0.0402. The minimum atomic E-state index is -1.13. The Morgan fingerprint density at radius 1 is 1.00 bits per heavy atom. The molecular weight excluding hydrogens is 560 g/mol. The van der Waals surface area contributed by atoms with Gasteiger partial charge in [-0.15, -0.1) is 0 Å². The molecule has 2 aromatic carbocycles. The van der Waals surface area contributed by atoms with Crippen LogP contribution in [-0.4, -0.2) is 39.8 Å². The molecule has 2 aliphatic rings. The molecule has 0 spiro atoms. The smallest absolute Gasteiger partial charge is 0.272 e. The first-order valence-corrected chi connectivity index (χ1v) is 13.2. The normalized spacial score (nSPS) is 17.7. The molecule has 190 valence electrons. The molecular formula is C26H24BrClN6O3. The Balaban J connectivity index is 1.37. The van der Waals surface area contributed by atoms with Gasteiger partial charge in [-0.2, -0.15) is 5.10 Å². The Labute approximate surface area is 226 Å². The second kappa shape index (κ2) is 10.9. The van der Waals surface area contributed by atoms with E-state index in [-0.39, 0.29) is 32.5 Å². The average Bonchev–Trinajstić information content (AvgIpc) is 3.20. The summed E-state index contributed by atoms with van der Waals surface area (Å²) in [4.78, 5) is 43.6. The summed E-state index contributed by atoms with van der Waals surface area (Å²) in [5.41, 5.74) is 2.70. The quantitative estimate of drug-likeness (QED) is 0.331. The van der Waals surface area contributed by atoms with Crippen molar-refractivity contribution in [1.29, 1.82) is 0 Å². The number of nitrogens with one attached hydrogen (secondary N) is 4. The highest BCUT2D eigenvalue weighted by Gasteiger charge is 2.31. The third kappa shape index (κ3) is 5.30. The van der Waals surface area contributed by atoms with Crippen molar-refractivity contribution in [3.63, 3.8) is 0 Å². The van der Waals surface area contributed by atoms with E-state index in [1.807, 2.05) is 24.3 Å². The predicted molar refractivity (Wildman–Crippen MR) is 145 cm³/mol. The van der Waals surface area contributed by atoms with Crippen LogP contribution in [-0.2, 0) is 4.79 Å². The molecule has 1 aromatic heterocycles. The number of para-hydroxylation sites is 1. The van der Waals surface area contributed by atoms with E-state index in [1.165, 1.54) is 6.42 Å². The van der Waals surface area contributed by atoms with E-state index in [0.717, 1.165) is 37.0 Å². The number of hydrogen-bond acceptors (Lipinski definition) is 5. The summed E-state index contributed by atoms with van der Waals surface area (Å²) in [5, 5.41) is 15.2. The van der Waals surface area contributed by atoms with Crippen molar-refractivity contribution < 1.29 is 14.4 Å². The highest BCUT2D eigenvalue weighted by Crippen LogP contribution is 2.32. The van der Waals surface area contributed by atoms with Crippen molar-refractivity contribution in [3.8, 4) is 0 Å². The fourth-order valence-electron chi connectivity index (χ4n) is 4.66. The van der Waals surface area contributed by atoms with Crippen LogP contribution in [0.5, 0.6) is 0 Å². The van der Waals surface area contributed by atoms with Crippen LogP contribution in [0.2, 0.25) is 5.02 Å². The molecule has 5 rings (SSSR count). The number of nitrogens with zero attached hydrogens (tertiary/aromatic N) is 2. The Kier molecular flexibility index (Phi) is 7.38. The van der Waals surface area contributed by atoms with Crippen molar-refractivity contribution in [3.05, 3.63) is 74.8 Å². The zero-order chi connectivity index (χ0) is 25.9. The van der Waals surface area contributed by atoms with E-state index in [0.29, 0.717) is 5.69 Å². The van der Waals surface area contributed by atoms with Gasteiger partial charge in [0.1, 0.15) is 5.69 Å². The highest BCUT2D eigenvalue weighted by atomic mass is 79.9.